The van der Waals surface area contributed by atoms with E-state index < -0.39 is 105 Å². The molecule has 16 atom stereocenters. The molecule has 4 saturated heterocycles. The first-order valence-electron chi connectivity index (χ1n) is 17.3. The van der Waals surface area contributed by atoms with Gasteiger partial charge in [0.25, 0.3) is 5.79 Å². The van der Waals surface area contributed by atoms with Crippen LogP contribution in [0.4, 0.5) is 0 Å². The van der Waals surface area contributed by atoms with Crippen molar-refractivity contribution in [3.63, 3.8) is 0 Å². The lowest BCUT2D eigenvalue weighted by Crippen LogP contribution is -2.78. The summed E-state index contributed by atoms with van der Waals surface area (Å²) in [5, 5.41) is 37.5. The van der Waals surface area contributed by atoms with Crippen LogP contribution >= 0.6 is 0 Å². The number of fused-ring (bicyclic) bond motifs is 11. The Bertz CT molecular complexity index is 1680. The van der Waals surface area contributed by atoms with Gasteiger partial charge in [-0.15, -0.1) is 0 Å². The smallest absolute Gasteiger partial charge is 0.366 e. The summed E-state index contributed by atoms with van der Waals surface area (Å²) in [4.78, 5) is 27.9. The molecular formula is C37H44O13. The van der Waals surface area contributed by atoms with Crippen molar-refractivity contribution in [1.29, 1.82) is 0 Å². The van der Waals surface area contributed by atoms with E-state index in [2.05, 4.69) is 0 Å². The first-order valence-corrected chi connectivity index (χ1v) is 17.3. The van der Waals surface area contributed by atoms with Gasteiger partial charge in [-0.05, 0) is 31.1 Å². The number of ether oxygens (including phenoxy) is 8. The van der Waals surface area contributed by atoms with Crippen molar-refractivity contribution < 1.29 is 62.8 Å². The van der Waals surface area contributed by atoms with E-state index in [1.165, 1.54) is 32.6 Å². The Kier molecular flexibility index (Phi) is 6.70. The minimum absolute atomic E-state index is 0.00907. The zero-order valence-electron chi connectivity index (χ0n) is 28.6. The third kappa shape index (κ3) is 3.43. The highest BCUT2D eigenvalue weighted by Crippen LogP contribution is 2.80. The molecule has 3 saturated carbocycles. The molecule has 270 valence electrons. The zero-order valence-corrected chi connectivity index (χ0v) is 28.6. The Morgan fingerprint density at radius 1 is 1.04 bits per heavy atom. The maximum Gasteiger partial charge on any atom is 0.366 e. The molecule has 0 aromatic heterocycles. The summed E-state index contributed by atoms with van der Waals surface area (Å²) in [6, 6.07) is 9.30. The van der Waals surface area contributed by atoms with Gasteiger partial charge >= 0.3 is 11.9 Å². The highest BCUT2D eigenvalue weighted by atomic mass is 16.7. The Balaban J connectivity index is 1.25. The van der Waals surface area contributed by atoms with Gasteiger partial charge < -0.3 is 53.2 Å². The van der Waals surface area contributed by atoms with Gasteiger partial charge in [0.1, 0.15) is 17.3 Å². The monoisotopic (exact) mass is 696 g/mol. The van der Waals surface area contributed by atoms with Gasteiger partial charge in [0, 0.05) is 53.6 Å². The molecule has 0 radical (unpaired) electrons. The highest BCUT2D eigenvalue weighted by Gasteiger charge is 2.94. The molecule has 7 fully saturated rings. The third-order valence-electron chi connectivity index (χ3n) is 14.5. The van der Waals surface area contributed by atoms with Crippen LogP contribution in [0.5, 0.6) is 0 Å². The van der Waals surface area contributed by atoms with Gasteiger partial charge in [-0.3, -0.25) is 0 Å². The Morgan fingerprint density at radius 3 is 2.52 bits per heavy atom. The first-order chi connectivity index (χ1) is 23.7. The fraction of sp³-hybridized carbons (Fsp3) is 0.676. The number of rotatable bonds is 5. The SMILES string of the molecule is COC(=O)[C@@]1(OC)OC[C@]23[C@@H](OC(=O)C=Cc4ccccc4)C[C@H](O)[C@]4(C)CO[C@H]([C@H]5O[C@@]6(C)[C@H]7C[C@@H](O[C@@H]8OC=C[C@]87O)[C@]6(O)[C@]5(C)[C@H]12)[C@@H]43. The second kappa shape index (κ2) is 10.2. The predicted octanol–water partition coefficient (Wildman–Crippen LogP) is 1.47. The van der Waals surface area contributed by atoms with Gasteiger partial charge in [-0.25, -0.2) is 9.59 Å². The second-order valence-corrected chi connectivity index (χ2v) is 16.1. The van der Waals surface area contributed by atoms with Crippen LogP contribution in [0.3, 0.4) is 0 Å². The number of benzene rings is 1. The van der Waals surface area contributed by atoms with E-state index in [0.717, 1.165) is 5.56 Å². The fourth-order valence-corrected chi connectivity index (χ4v) is 12.5. The summed E-state index contributed by atoms with van der Waals surface area (Å²) >= 11 is 0. The lowest BCUT2D eigenvalue weighted by molar-refractivity contribution is -0.317. The molecular weight excluding hydrogens is 652 g/mol. The largest absolute Gasteiger partial charge is 0.469 e. The molecule has 50 heavy (non-hydrogen) atoms. The molecule has 13 nitrogen and oxygen atoms in total. The van der Waals surface area contributed by atoms with Crippen LogP contribution in [0.1, 0.15) is 39.2 Å². The molecule has 5 heterocycles. The van der Waals surface area contributed by atoms with Gasteiger partial charge in [-0.2, -0.15) is 0 Å². The maximum atomic E-state index is 14.2. The average Bonchev–Trinajstić information content (AvgIpc) is 3.86. The first kappa shape index (κ1) is 33.0. The molecule has 5 aliphatic heterocycles. The van der Waals surface area contributed by atoms with Gasteiger partial charge in [-0.1, -0.05) is 44.2 Å². The van der Waals surface area contributed by atoms with Gasteiger partial charge in [0.05, 0.1) is 51.0 Å². The van der Waals surface area contributed by atoms with E-state index in [1.807, 2.05) is 44.2 Å². The van der Waals surface area contributed by atoms with Crippen LogP contribution in [0.15, 0.2) is 48.7 Å². The van der Waals surface area contributed by atoms with Gasteiger partial charge in [0.15, 0.2) is 5.60 Å². The van der Waals surface area contributed by atoms with E-state index in [4.69, 9.17) is 37.9 Å². The van der Waals surface area contributed by atoms with Crippen LogP contribution in [0.25, 0.3) is 6.08 Å². The molecule has 3 aliphatic carbocycles. The fourth-order valence-electron chi connectivity index (χ4n) is 12.5. The van der Waals surface area contributed by atoms with Crippen LogP contribution in [0.2, 0.25) is 0 Å². The number of methoxy groups -OCH3 is 2. The Hall–Kier alpha value is -2.88. The minimum atomic E-state index is -2.10. The molecule has 0 unspecified atom stereocenters. The van der Waals surface area contributed by atoms with Crippen molar-refractivity contribution in [3.05, 3.63) is 54.3 Å². The summed E-state index contributed by atoms with van der Waals surface area (Å²) in [7, 11) is 2.58. The summed E-state index contributed by atoms with van der Waals surface area (Å²) < 4.78 is 50.3. The molecule has 1 aromatic rings. The van der Waals surface area contributed by atoms with E-state index in [-0.39, 0.29) is 26.1 Å². The summed E-state index contributed by atoms with van der Waals surface area (Å²) in [6.45, 7) is 5.53. The Labute approximate surface area is 289 Å². The maximum absolute atomic E-state index is 14.2. The minimum Gasteiger partial charge on any atom is -0.469 e. The lowest BCUT2D eigenvalue weighted by Gasteiger charge is -2.66. The number of esters is 2. The van der Waals surface area contributed by atoms with E-state index in [9.17, 15) is 24.9 Å². The van der Waals surface area contributed by atoms with Crippen LogP contribution < -0.4 is 0 Å². The molecule has 3 N–H and O–H groups in total. The van der Waals surface area contributed by atoms with E-state index >= 15 is 0 Å². The molecule has 9 rings (SSSR count). The predicted molar refractivity (Wildman–Crippen MR) is 169 cm³/mol. The van der Waals surface area contributed by atoms with Crippen molar-refractivity contribution in [2.75, 3.05) is 27.4 Å². The van der Waals surface area contributed by atoms with Crippen molar-refractivity contribution in [3.8, 4) is 0 Å². The van der Waals surface area contributed by atoms with Crippen LogP contribution in [0, 0.1) is 34.0 Å². The second-order valence-electron chi connectivity index (χ2n) is 16.1. The number of aliphatic hydroxyl groups excluding tert-OH is 1. The summed E-state index contributed by atoms with van der Waals surface area (Å²) in [5.41, 5.74) is -7.83. The number of hydrogen-bond acceptors (Lipinski definition) is 13. The van der Waals surface area contributed by atoms with E-state index in [1.54, 1.807) is 13.0 Å². The average molecular weight is 697 g/mol. The number of carbonyl (C=O) groups excluding carboxylic acids is 2. The quantitative estimate of drug-likeness (QED) is 0.299. The van der Waals surface area contributed by atoms with Crippen molar-refractivity contribution >= 4 is 18.0 Å². The van der Waals surface area contributed by atoms with Crippen molar-refractivity contribution in [2.24, 2.45) is 34.0 Å². The number of hydrogen-bond donors (Lipinski definition) is 3. The topological polar surface area (TPSA) is 169 Å². The van der Waals surface area contributed by atoms with Gasteiger partial charge in [0.2, 0.25) is 6.29 Å². The molecule has 8 aliphatic rings. The molecule has 1 aromatic carbocycles. The summed E-state index contributed by atoms with van der Waals surface area (Å²) in [6.07, 6.45) is 0.492. The molecule has 0 amide bonds. The standard InChI is InChI=1S/C37H44O13/c1-31-17-46-25-26(31)34(22(16-21(31)38)48-24(39)12-11-19-9-7-6-8-10-19)18-47-36(44-5,29(40)43-4)28(34)32(2)27(25)50-33(3)20-15-23(37(32,33)42)49-30-35(20,41)13-14-45-30/h6-14,20-23,25-28,30,38,41-42H,15-18H2,1-5H3/t20-,21+,22+,23-,25+,26+,27-,28+,30+,31+,32+,33+,34-,35-,36+,37+/m1/s1. The lowest BCUT2D eigenvalue weighted by atomic mass is 9.37. The van der Waals surface area contributed by atoms with E-state index in [0.29, 0.717) is 0 Å². The summed E-state index contributed by atoms with van der Waals surface area (Å²) in [5.74, 6) is -5.97. The van der Waals surface area contributed by atoms with Crippen LogP contribution in [-0.2, 0) is 47.5 Å². The molecule has 1 spiro atoms. The van der Waals surface area contributed by atoms with Crippen molar-refractivity contribution in [2.45, 2.75) is 93.0 Å². The highest BCUT2D eigenvalue weighted by molar-refractivity contribution is 5.87. The molecule has 13 heteroatoms. The van der Waals surface area contributed by atoms with Crippen molar-refractivity contribution in [1.82, 2.24) is 0 Å². The normalized spacial score (nSPS) is 54.8. The number of aliphatic hydroxyl groups is 3. The zero-order chi connectivity index (χ0) is 35.3. The number of carbonyl (C=O) groups is 2. The molecule has 2 bridgehead atoms. The third-order valence-corrected chi connectivity index (χ3v) is 14.5. The van der Waals surface area contributed by atoms with Crippen LogP contribution in [-0.4, -0.2) is 114 Å². The Morgan fingerprint density at radius 2 is 1.80 bits per heavy atom.